The maximum Gasteiger partial charge on any atom is 0.505 e. The molecular weight excluding hydrogens is 484 g/mol. The summed E-state index contributed by atoms with van der Waals surface area (Å²) in [7, 11) is -4.18. The highest BCUT2D eigenvalue weighted by molar-refractivity contribution is 7.93. The van der Waals surface area contributed by atoms with E-state index < -0.39 is 22.0 Å². The molecule has 0 saturated heterocycles. The fraction of sp³-hybridized carbons (Fsp3) is 0.263. The summed E-state index contributed by atoms with van der Waals surface area (Å²) in [5.74, 6) is -0.472. The fourth-order valence-electron chi connectivity index (χ4n) is 3.29. The molecule has 0 aliphatic carbocycles. The summed E-state index contributed by atoms with van der Waals surface area (Å²) >= 11 is 6.96. The maximum absolute atomic E-state index is 13.1. The van der Waals surface area contributed by atoms with Crippen molar-refractivity contribution < 1.29 is 37.4 Å². The Kier molecular flexibility index (Phi) is 5.46. The van der Waals surface area contributed by atoms with Crippen LogP contribution in [0.15, 0.2) is 26.9 Å². The lowest BCUT2D eigenvalue weighted by Gasteiger charge is -2.13. The lowest BCUT2D eigenvalue weighted by atomic mass is 9.96. The lowest BCUT2D eigenvalue weighted by Crippen LogP contribution is -2.37. The summed E-state index contributed by atoms with van der Waals surface area (Å²) in [6.45, 7) is 4.91. The Labute approximate surface area is 191 Å². The minimum Gasteiger partial charge on any atom is -0.403 e. The third kappa shape index (κ3) is 3.95. The molecule has 10 nitrogen and oxygen atoms in total. The summed E-state index contributed by atoms with van der Waals surface area (Å²) in [4.78, 5) is 12.9. The van der Waals surface area contributed by atoms with Gasteiger partial charge in [-0.2, -0.15) is 0 Å². The van der Waals surface area contributed by atoms with Crippen molar-refractivity contribution in [2.45, 2.75) is 38.2 Å². The number of carbonyl (C=O) groups is 1. The zero-order valence-electron chi connectivity index (χ0n) is 16.9. The van der Waals surface area contributed by atoms with Gasteiger partial charge in [-0.3, -0.25) is 15.0 Å². The first-order valence-corrected chi connectivity index (χ1v) is 11.8. The molecule has 32 heavy (non-hydrogen) atoms. The van der Waals surface area contributed by atoms with Crippen molar-refractivity contribution in [3.05, 3.63) is 49.8 Å². The number of aliphatic hydroxyl groups is 2. The number of thiophene rings is 1. The first kappa shape index (κ1) is 22.6. The Morgan fingerprint density at radius 3 is 2.66 bits per heavy atom. The number of carbonyl (C=O) groups excluding carboxylic acids is 1. The molecule has 2 aromatic heterocycles. The summed E-state index contributed by atoms with van der Waals surface area (Å²) in [6.07, 6.45) is -2.94. The average molecular weight is 501 g/mol. The van der Waals surface area contributed by atoms with Crippen molar-refractivity contribution in [1.29, 1.82) is 0 Å². The molecule has 0 amide bonds. The second kappa shape index (κ2) is 7.74. The topological polar surface area (TPSA) is 148 Å². The number of ether oxygens (including phenoxy) is 2. The van der Waals surface area contributed by atoms with Crippen molar-refractivity contribution in [1.82, 2.24) is 5.16 Å². The lowest BCUT2D eigenvalue weighted by molar-refractivity contribution is -0.385. The molecule has 0 radical (unpaired) electrons. The quantitative estimate of drug-likeness (QED) is 0.343. The minimum absolute atomic E-state index is 0.0139. The second-order valence-corrected chi connectivity index (χ2v) is 10.1. The van der Waals surface area contributed by atoms with Crippen LogP contribution in [0.3, 0.4) is 0 Å². The Hall–Kier alpha value is -2.64. The monoisotopic (exact) mass is 500 g/mol. The van der Waals surface area contributed by atoms with E-state index in [1.165, 1.54) is 17.5 Å². The molecule has 0 fully saturated rings. The van der Waals surface area contributed by atoms with E-state index in [1.54, 1.807) is 20.8 Å². The van der Waals surface area contributed by atoms with E-state index >= 15 is 0 Å². The molecule has 0 spiro atoms. The third-order valence-electron chi connectivity index (χ3n) is 4.85. The van der Waals surface area contributed by atoms with Crippen LogP contribution >= 0.6 is 22.9 Å². The van der Waals surface area contributed by atoms with Crippen molar-refractivity contribution in [2.75, 3.05) is 4.72 Å². The average Bonchev–Trinajstić information content (AvgIpc) is 3.39. The van der Waals surface area contributed by atoms with E-state index in [2.05, 4.69) is 9.88 Å². The van der Waals surface area contributed by atoms with Crippen LogP contribution in [0.5, 0.6) is 11.5 Å². The Morgan fingerprint density at radius 1 is 1.28 bits per heavy atom. The molecule has 3 heterocycles. The minimum atomic E-state index is -4.18. The summed E-state index contributed by atoms with van der Waals surface area (Å²) in [5.41, 5.74) is 1.98. The molecule has 3 N–H and O–H groups in total. The number of nitrogens with zero attached hydrogens (tertiary/aromatic N) is 1. The highest BCUT2D eigenvalue weighted by Crippen LogP contribution is 2.43. The molecular formula is C19H17ClN2O8S2. The molecule has 0 atom stereocenters. The predicted molar refractivity (Wildman–Crippen MR) is 114 cm³/mol. The standard InChI is InChI=1S/C19H17ClN2O8S2/c1-8-6-13-16(29-19(24,25)28-13)9(2)11(8)7-12(23)17-14(4-5-31-17)32(26,27)22-18-15(20)10(3)21-30-18/h4-6,22,24-25H,7H2,1-3H3. The van der Waals surface area contributed by atoms with E-state index in [4.69, 9.17) is 25.6 Å². The zero-order valence-corrected chi connectivity index (χ0v) is 19.3. The van der Waals surface area contributed by atoms with Crippen LogP contribution in [0, 0.1) is 20.8 Å². The highest BCUT2D eigenvalue weighted by atomic mass is 35.5. The van der Waals surface area contributed by atoms with Crippen molar-refractivity contribution in [3.63, 3.8) is 0 Å². The van der Waals surface area contributed by atoms with E-state index in [-0.39, 0.29) is 38.6 Å². The van der Waals surface area contributed by atoms with Gasteiger partial charge in [-0.1, -0.05) is 16.8 Å². The van der Waals surface area contributed by atoms with Crippen LogP contribution in [0.4, 0.5) is 5.88 Å². The number of rotatable bonds is 6. The van der Waals surface area contributed by atoms with Gasteiger partial charge in [0.25, 0.3) is 15.9 Å². The van der Waals surface area contributed by atoms with Crippen molar-refractivity contribution in [3.8, 4) is 11.5 Å². The van der Waals surface area contributed by atoms with Crippen LogP contribution in [0.25, 0.3) is 0 Å². The number of hydrogen-bond acceptors (Lipinski definition) is 10. The van der Waals surface area contributed by atoms with Gasteiger partial charge in [0.2, 0.25) is 0 Å². The Bertz CT molecular complexity index is 1340. The van der Waals surface area contributed by atoms with Gasteiger partial charge in [-0.25, -0.2) is 13.1 Å². The number of nitrogens with one attached hydrogen (secondary N) is 1. The molecule has 170 valence electrons. The van der Waals surface area contributed by atoms with Crippen LogP contribution < -0.4 is 14.2 Å². The van der Waals surface area contributed by atoms with Crippen LogP contribution in [-0.2, 0) is 16.4 Å². The van der Waals surface area contributed by atoms with Crippen LogP contribution in [-0.4, -0.2) is 35.7 Å². The predicted octanol–water partition coefficient (Wildman–Crippen LogP) is 2.91. The van der Waals surface area contributed by atoms with Crippen LogP contribution in [0.2, 0.25) is 5.02 Å². The second-order valence-electron chi connectivity index (χ2n) is 7.11. The van der Waals surface area contributed by atoms with E-state index in [1.807, 2.05) is 0 Å². The Morgan fingerprint density at radius 2 is 2.00 bits per heavy atom. The summed E-state index contributed by atoms with van der Waals surface area (Å²) in [5, 5.41) is 24.2. The number of ketones is 1. The number of fused-ring (bicyclic) bond motifs is 1. The number of anilines is 1. The van der Waals surface area contributed by atoms with Gasteiger partial charge in [0.1, 0.15) is 15.6 Å². The fourth-order valence-corrected chi connectivity index (χ4v) is 5.85. The first-order valence-electron chi connectivity index (χ1n) is 9.10. The number of Topliss-reactive ketones (excluding diaryl/α,β-unsaturated/α-hetero) is 1. The van der Waals surface area contributed by atoms with E-state index in [0.717, 1.165) is 11.3 Å². The molecule has 13 heteroatoms. The molecule has 1 aliphatic heterocycles. The number of halogens is 1. The van der Waals surface area contributed by atoms with Gasteiger partial charge >= 0.3 is 6.16 Å². The number of aromatic nitrogens is 1. The molecule has 0 unspecified atom stereocenters. The largest absolute Gasteiger partial charge is 0.505 e. The van der Waals surface area contributed by atoms with Gasteiger partial charge in [-0.05, 0) is 55.0 Å². The van der Waals surface area contributed by atoms with Gasteiger partial charge in [0, 0.05) is 6.42 Å². The third-order valence-corrected chi connectivity index (χ3v) is 7.75. The molecule has 1 aliphatic rings. The highest BCUT2D eigenvalue weighted by Gasteiger charge is 2.40. The summed E-state index contributed by atoms with van der Waals surface area (Å²) < 4.78 is 42.7. The first-order chi connectivity index (χ1) is 14.9. The molecule has 4 rings (SSSR count). The van der Waals surface area contributed by atoms with Gasteiger partial charge in [0.05, 0.1) is 4.88 Å². The normalized spacial score (nSPS) is 14.6. The summed E-state index contributed by atoms with van der Waals surface area (Å²) in [6, 6.07) is 2.82. The van der Waals surface area contributed by atoms with Crippen LogP contribution in [0.1, 0.15) is 32.1 Å². The van der Waals surface area contributed by atoms with E-state index in [9.17, 15) is 23.4 Å². The van der Waals surface area contributed by atoms with E-state index in [0.29, 0.717) is 22.4 Å². The van der Waals surface area contributed by atoms with Crippen molar-refractivity contribution in [2.24, 2.45) is 0 Å². The smallest absolute Gasteiger partial charge is 0.403 e. The Balaban J connectivity index is 1.63. The van der Waals surface area contributed by atoms with Gasteiger partial charge in [0.15, 0.2) is 17.3 Å². The molecule has 0 bridgehead atoms. The zero-order chi connectivity index (χ0) is 23.4. The molecule has 3 aromatic rings. The van der Waals surface area contributed by atoms with Crippen molar-refractivity contribution >= 4 is 44.6 Å². The number of aryl methyl sites for hydroxylation is 2. The van der Waals surface area contributed by atoms with Gasteiger partial charge in [-0.15, -0.1) is 11.3 Å². The number of hydrogen-bond donors (Lipinski definition) is 3. The number of sulfonamides is 1. The molecule has 0 saturated carbocycles. The molecule has 1 aromatic carbocycles. The number of benzene rings is 1. The van der Waals surface area contributed by atoms with Gasteiger partial charge < -0.3 is 14.0 Å². The SMILES string of the molecule is Cc1cc2c(c(C)c1CC(=O)c1sccc1S(=O)(=O)Nc1onc(C)c1Cl)OC(O)(O)O2. The maximum atomic E-state index is 13.1.